The fourth-order valence-electron chi connectivity index (χ4n) is 0.627. The Hall–Kier alpha value is 0.430. The van der Waals surface area contributed by atoms with Gasteiger partial charge in [0, 0.05) is 5.33 Å². The number of hydrogen-bond donors (Lipinski definition) is 0. The van der Waals surface area contributed by atoms with Crippen LogP contribution in [0.3, 0.4) is 0 Å². The highest BCUT2D eigenvalue weighted by molar-refractivity contribution is 9.12. The number of ether oxygens (including phenoxy) is 1. The molecular weight excluding hydrogens is 300 g/mol. The Morgan fingerprint density at radius 3 is 2.23 bits per heavy atom. The molecule has 13 heavy (non-hydrogen) atoms. The second-order valence-corrected chi connectivity index (χ2v) is 5.55. The lowest BCUT2D eigenvalue weighted by Crippen LogP contribution is -2.39. The standard InChI is InChI=1S/C9H16Br2O2/c1-6(2)8(12)13-9(3,4)7(11)5-10/h6-7H,5H2,1-4H3. The quantitative estimate of drug-likeness (QED) is 0.588. The summed E-state index contributed by atoms with van der Waals surface area (Å²) in [4.78, 5) is 11.4. The van der Waals surface area contributed by atoms with Crippen molar-refractivity contribution in [1.82, 2.24) is 0 Å². The van der Waals surface area contributed by atoms with Gasteiger partial charge in [0.2, 0.25) is 0 Å². The van der Waals surface area contributed by atoms with Crippen LogP contribution < -0.4 is 0 Å². The highest BCUT2D eigenvalue weighted by Crippen LogP contribution is 2.24. The molecule has 0 aliphatic heterocycles. The van der Waals surface area contributed by atoms with Crippen molar-refractivity contribution in [2.45, 2.75) is 38.1 Å². The average Bonchev–Trinajstić information content (AvgIpc) is 2.01. The van der Waals surface area contributed by atoms with Gasteiger partial charge in [-0.1, -0.05) is 45.7 Å². The molecule has 0 heterocycles. The van der Waals surface area contributed by atoms with Crippen LogP contribution in [0.15, 0.2) is 0 Å². The number of alkyl halides is 2. The Bertz CT molecular complexity index is 178. The summed E-state index contributed by atoms with van der Waals surface area (Å²) < 4.78 is 5.34. The summed E-state index contributed by atoms with van der Waals surface area (Å²) in [5.74, 6) is -0.232. The molecule has 0 bridgehead atoms. The number of rotatable bonds is 4. The molecule has 78 valence electrons. The molecular formula is C9H16Br2O2. The number of hydrogen-bond acceptors (Lipinski definition) is 2. The summed E-state index contributed by atoms with van der Waals surface area (Å²) in [5, 5.41) is 0.755. The maximum Gasteiger partial charge on any atom is 0.308 e. The molecule has 0 radical (unpaired) electrons. The van der Waals surface area contributed by atoms with Gasteiger partial charge in [-0.2, -0.15) is 0 Å². The Morgan fingerprint density at radius 2 is 1.92 bits per heavy atom. The van der Waals surface area contributed by atoms with Crippen molar-refractivity contribution >= 4 is 37.8 Å². The van der Waals surface area contributed by atoms with Crippen LogP contribution in [0.25, 0.3) is 0 Å². The van der Waals surface area contributed by atoms with E-state index in [1.165, 1.54) is 0 Å². The van der Waals surface area contributed by atoms with Gasteiger partial charge in [0.15, 0.2) is 0 Å². The van der Waals surface area contributed by atoms with E-state index in [0.717, 1.165) is 5.33 Å². The van der Waals surface area contributed by atoms with Gasteiger partial charge in [-0.15, -0.1) is 0 Å². The minimum Gasteiger partial charge on any atom is -0.458 e. The molecule has 2 nitrogen and oxygen atoms in total. The van der Waals surface area contributed by atoms with E-state index >= 15 is 0 Å². The lowest BCUT2D eigenvalue weighted by atomic mass is 10.1. The minimum atomic E-state index is -0.467. The van der Waals surface area contributed by atoms with Gasteiger partial charge in [-0.05, 0) is 13.8 Å². The zero-order valence-electron chi connectivity index (χ0n) is 8.43. The zero-order chi connectivity index (χ0) is 10.6. The van der Waals surface area contributed by atoms with E-state index in [2.05, 4.69) is 31.9 Å². The molecule has 0 fully saturated rings. The van der Waals surface area contributed by atoms with E-state index in [0.29, 0.717) is 0 Å². The van der Waals surface area contributed by atoms with Crippen LogP contribution in [0.2, 0.25) is 0 Å². The number of esters is 1. The van der Waals surface area contributed by atoms with Gasteiger partial charge in [-0.25, -0.2) is 0 Å². The van der Waals surface area contributed by atoms with E-state index in [1.54, 1.807) is 0 Å². The van der Waals surface area contributed by atoms with Crippen molar-refractivity contribution in [3.63, 3.8) is 0 Å². The highest BCUT2D eigenvalue weighted by atomic mass is 79.9. The predicted molar refractivity (Wildman–Crippen MR) is 61.5 cm³/mol. The fraction of sp³-hybridized carbons (Fsp3) is 0.889. The number of halogens is 2. The molecule has 0 rings (SSSR count). The van der Waals surface area contributed by atoms with Crippen LogP contribution in [0.4, 0.5) is 0 Å². The van der Waals surface area contributed by atoms with Crippen LogP contribution in [0, 0.1) is 5.92 Å². The summed E-state index contributed by atoms with van der Waals surface area (Å²) in [6.45, 7) is 7.45. The third kappa shape index (κ3) is 4.45. The molecule has 0 spiro atoms. The average molecular weight is 316 g/mol. The van der Waals surface area contributed by atoms with E-state index in [4.69, 9.17) is 4.74 Å². The van der Waals surface area contributed by atoms with Crippen molar-refractivity contribution in [2.24, 2.45) is 5.92 Å². The highest BCUT2D eigenvalue weighted by Gasteiger charge is 2.31. The molecule has 4 heteroatoms. The molecule has 0 amide bonds. The van der Waals surface area contributed by atoms with E-state index in [9.17, 15) is 4.79 Å². The van der Waals surface area contributed by atoms with Crippen LogP contribution in [-0.2, 0) is 9.53 Å². The van der Waals surface area contributed by atoms with Gasteiger partial charge >= 0.3 is 5.97 Å². The summed E-state index contributed by atoms with van der Waals surface area (Å²) in [7, 11) is 0. The second-order valence-electron chi connectivity index (χ2n) is 3.80. The van der Waals surface area contributed by atoms with Crippen molar-refractivity contribution in [2.75, 3.05) is 5.33 Å². The lowest BCUT2D eigenvalue weighted by molar-refractivity contribution is -0.159. The number of carbonyl (C=O) groups excluding carboxylic acids is 1. The summed E-state index contributed by atoms with van der Waals surface area (Å²) in [6, 6.07) is 0. The Kier molecular flexibility index (Phi) is 5.52. The first-order chi connectivity index (χ1) is 5.81. The maximum atomic E-state index is 11.3. The summed E-state index contributed by atoms with van der Waals surface area (Å²) in [6.07, 6.45) is 0. The minimum absolute atomic E-state index is 0.0747. The van der Waals surface area contributed by atoms with E-state index < -0.39 is 5.60 Å². The Morgan fingerprint density at radius 1 is 1.46 bits per heavy atom. The first-order valence-corrected chi connectivity index (χ1v) is 6.28. The van der Waals surface area contributed by atoms with E-state index in [-0.39, 0.29) is 16.7 Å². The Labute approximate surface area is 96.7 Å². The normalized spacial score (nSPS) is 14.4. The molecule has 1 atom stereocenters. The largest absolute Gasteiger partial charge is 0.458 e. The third-order valence-electron chi connectivity index (χ3n) is 1.72. The molecule has 0 aromatic heterocycles. The molecule has 0 aliphatic carbocycles. The Balaban J connectivity index is 4.24. The van der Waals surface area contributed by atoms with Gasteiger partial charge in [-0.3, -0.25) is 4.79 Å². The van der Waals surface area contributed by atoms with Gasteiger partial charge in [0.25, 0.3) is 0 Å². The zero-order valence-corrected chi connectivity index (χ0v) is 11.6. The first-order valence-electron chi connectivity index (χ1n) is 4.24. The maximum absolute atomic E-state index is 11.3. The van der Waals surface area contributed by atoms with Crippen molar-refractivity contribution in [3.8, 4) is 0 Å². The SMILES string of the molecule is CC(C)C(=O)OC(C)(C)C(Br)CBr. The van der Waals surface area contributed by atoms with E-state index in [1.807, 2.05) is 27.7 Å². The molecule has 0 aliphatic rings. The molecule has 0 saturated heterocycles. The summed E-state index contributed by atoms with van der Waals surface area (Å²) in [5.41, 5.74) is -0.467. The van der Waals surface area contributed by atoms with Crippen molar-refractivity contribution in [1.29, 1.82) is 0 Å². The van der Waals surface area contributed by atoms with Crippen LogP contribution >= 0.6 is 31.9 Å². The molecule has 0 N–H and O–H groups in total. The van der Waals surface area contributed by atoms with Gasteiger partial charge < -0.3 is 4.74 Å². The monoisotopic (exact) mass is 314 g/mol. The van der Waals surface area contributed by atoms with Crippen molar-refractivity contribution < 1.29 is 9.53 Å². The second kappa shape index (κ2) is 5.35. The predicted octanol–water partition coefficient (Wildman–Crippen LogP) is 3.12. The summed E-state index contributed by atoms with van der Waals surface area (Å²) >= 11 is 6.79. The molecule has 0 aromatic rings. The van der Waals surface area contributed by atoms with Crippen LogP contribution in [0.5, 0.6) is 0 Å². The lowest BCUT2D eigenvalue weighted by Gasteiger charge is -2.29. The smallest absolute Gasteiger partial charge is 0.308 e. The number of carbonyl (C=O) groups is 1. The van der Waals surface area contributed by atoms with Gasteiger partial charge in [0.05, 0.1) is 10.7 Å². The van der Waals surface area contributed by atoms with Crippen LogP contribution in [0.1, 0.15) is 27.7 Å². The molecule has 1 unspecified atom stereocenters. The van der Waals surface area contributed by atoms with Crippen LogP contribution in [-0.4, -0.2) is 21.7 Å². The molecule has 0 saturated carbocycles. The third-order valence-corrected chi connectivity index (χ3v) is 4.67. The van der Waals surface area contributed by atoms with Gasteiger partial charge in [0.1, 0.15) is 5.60 Å². The topological polar surface area (TPSA) is 26.3 Å². The fourth-order valence-corrected chi connectivity index (χ4v) is 1.50. The molecule has 0 aromatic carbocycles. The van der Waals surface area contributed by atoms with Crippen molar-refractivity contribution in [3.05, 3.63) is 0 Å². The first kappa shape index (κ1) is 13.4.